The first kappa shape index (κ1) is 13.9. The highest BCUT2D eigenvalue weighted by Crippen LogP contribution is 2.29. The van der Waals surface area contributed by atoms with Crippen molar-refractivity contribution in [3.05, 3.63) is 35.4 Å². The van der Waals surface area contributed by atoms with E-state index in [0.29, 0.717) is 31.9 Å². The minimum Gasteiger partial charge on any atom is -0.378 e. The van der Waals surface area contributed by atoms with Gasteiger partial charge in [0.05, 0.1) is 25.2 Å². The number of ether oxygens (including phenoxy) is 1. The molecular formula is C13H14F3NO2. The Morgan fingerprint density at radius 1 is 1.26 bits per heavy atom. The van der Waals surface area contributed by atoms with Crippen LogP contribution in [-0.4, -0.2) is 37.1 Å². The van der Waals surface area contributed by atoms with Gasteiger partial charge in [-0.25, -0.2) is 0 Å². The molecule has 1 aliphatic rings. The van der Waals surface area contributed by atoms with Crippen molar-refractivity contribution in [1.29, 1.82) is 0 Å². The van der Waals surface area contributed by atoms with Crippen LogP contribution in [0, 0.1) is 0 Å². The predicted octanol–water partition coefficient (Wildman–Crippen LogP) is 2.11. The maximum atomic E-state index is 12.5. The average molecular weight is 273 g/mol. The van der Waals surface area contributed by atoms with Gasteiger partial charge in [-0.3, -0.25) is 4.79 Å². The molecule has 0 aliphatic carbocycles. The molecule has 0 N–H and O–H groups in total. The molecule has 1 aliphatic heterocycles. The SMILES string of the molecule is O=C(Cc1cccc(C(F)(F)F)c1)N1CCOCC1. The minimum absolute atomic E-state index is 0.0100. The van der Waals surface area contributed by atoms with Gasteiger partial charge in [-0.1, -0.05) is 18.2 Å². The molecule has 0 unspecified atom stereocenters. The van der Waals surface area contributed by atoms with Gasteiger partial charge in [0, 0.05) is 13.1 Å². The van der Waals surface area contributed by atoms with E-state index in [-0.39, 0.29) is 12.3 Å². The summed E-state index contributed by atoms with van der Waals surface area (Å²) >= 11 is 0. The summed E-state index contributed by atoms with van der Waals surface area (Å²) in [5, 5.41) is 0. The highest BCUT2D eigenvalue weighted by atomic mass is 19.4. The Morgan fingerprint density at radius 2 is 1.95 bits per heavy atom. The Hall–Kier alpha value is -1.56. The lowest BCUT2D eigenvalue weighted by molar-refractivity contribution is -0.138. The first-order valence-corrected chi connectivity index (χ1v) is 5.98. The molecule has 0 bridgehead atoms. The summed E-state index contributed by atoms with van der Waals surface area (Å²) in [5.41, 5.74) is -0.342. The quantitative estimate of drug-likeness (QED) is 0.826. The van der Waals surface area contributed by atoms with E-state index in [1.807, 2.05) is 0 Å². The average Bonchev–Trinajstić information content (AvgIpc) is 2.39. The van der Waals surface area contributed by atoms with Crippen LogP contribution in [0.2, 0.25) is 0 Å². The van der Waals surface area contributed by atoms with Gasteiger partial charge in [0.25, 0.3) is 0 Å². The van der Waals surface area contributed by atoms with E-state index in [1.165, 1.54) is 12.1 Å². The van der Waals surface area contributed by atoms with Crippen LogP contribution in [0.3, 0.4) is 0 Å². The van der Waals surface area contributed by atoms with Crippen molar-refractivity contribution in [2.75, 3.05) is 26.3 Å². The van der Waals surface area contributed by atoms with Crippen LogP contribution in [-0.2, 0) is 22.1 Å². The van der Waals surface area contributed by atoms with Crippen LogP contribution in [0.1, 0.15) is 11.1 Å². The normalized spacial score (nSPS) is 16.5. The van der Waals surface area contributed by atoms with Crippen molar-refractivity contribution in [2.24, 2.45) is 0 Å². The van der Waals surface area contributed by atoms with E-state index in [0.717, 1.165) is 12.1 Å². The van der Waals surface area contributed by atoms with Crippen molar-refractivity contribution in [2.45, 2.75) is 12.6 Å². The number of carbonyl (C=O) groups excluding carboxylic acids is 1. The zero-order valence-corrected chi connectivity index (χ0v) is 10.2. The molecule has 6 heteroatoms. The minimum atomic E-state index is -4.38. The van der Waals surface area contributed by atoms with Crippen LogP contribution >= 0.6 is 0 Å². The van der Waals surface area contributed by atoms with Crippen molar-refractivity contribution in [3.8, 4) is 0 Å². The number of alkyl halides is 3. The summed E-state index contributed by atoms with van der Waals surface area (Å²) in [7, 11) is 0. The fourth-order valence-electron chi connectivity index (χ4n) is 1.96. The fourth-order valence-corrected chi connectivity index (χ4v) is 1.96. The van der Waals surface area contributed by atoms with Crippen LogP contribution in [0.15, 0.2) is 24.3 Å². The summed E-state index contributed by atoms with van der Waals surface area (Å²) in [6.07, 6.45) is -4.39. The summed E-state index contributed by atoms with van der Waals surface area (Å²) in [6, 6.07) is 4.89. The smallest absolute Gasteiger partial charge is 0.378 e. The molecule has 0 aromatic heterocycles. The summed E-state index contributed by atoms with van der Waals surface area (Å²) < 4.78 is 42.8. The molecular weight excluding hydrogens is 259 g/mol. The maximum Gasteiger partial charge on any atom is 0.416 e. The van der Waals surface area contributed by atoms with Gasteiger partial charge in [0.15, 0.2) is 0 Å². The number of hydrogen-bond acceptors (Lipinski definition) is 2. The zero-order valence-electron chi connectivity index (χ0n) is 10.2. The topological polar surface area (TPSA) is 29.5 Å². The first-order chi connectivity index (χ1) is 8.97. The number of carbonyl (C=O) groups is 1. The first-order valence-electron chi connectivity index (χ1n) is 5.98. The van der Waals surface area contributed by atoms with Gasteiger partial charge in [-0.2, -0.15) is 13.2 Å². The molecule has 1 aromatic carbocycles. The molecule has 0 radical (unpaired) electrons. The molecule has 0 atom stereocenters. The van der Waals surface area contributed by atoms with Gasteiger partial charge in [-0.05, 0) is 11.6 Å². The van der Waals surface area contributed by atoms with Gasteiger partial charge in [0.1, 0.15) is 0 Å². The lowest BCUT2D eigenvalue weighted by Gasteiger charge is -2.27. The monoisotopic (exact) mass is 273 g/mol. The number of benzene rings is 1. The Morgan fingerprint density at radius 3 is 2.58 bits per heavy atom. The number of morpholine rings is 1. The van der Waals surface area contributed by atoms with Crippen molar-refractivity contribution in [1.82, 2.24) is 4.90 Å². The number of rotatable bonds is 2. The maximum absolute atomic E-state index is 12.5. The summed E-state index contributed by atoms with van der Waals surface area (Å²) in [6.45, 7) is 1.96. The molecule has 0 spiro atoms. The van der Waals surface area contributed by atoms with Crippen LogP contribution in [0.25, 0.3) is 0 Å². The Labute approximate surface area is 109 Å². The second-order valence-corrected chi connectivity index (χ2v) is 4.37. The third-order valence-corrected chi connectivity index (χ3v) is 2.97. The highest BCUT2D eigenvalue weighted by molar-refractivity contribution is 5.78. The molecule has 1 saturated heterocycles. The van der Waals surface area contributed by atoms with E-state index in [2.05, 4.69) is 0 Å². The van der Waals surface area contributed by atoms with Crippen molar-refractivity contribution >= 4 is 5.91 Å². The Balaban J connectivity index is 2.04. The van der Waals surface area contributed by atoms with E-state index < -0.39 is 11.7 Å². The lowest BCUT2D eigenvalue weighted by Crippen LogP contribution is -2.41. The third kappa shape index (κ3) is 3.70. The van der Waals surface area contributed by atoms with Crippen LogP contribution in [0.5, 0.6) is 0 Å². The Kier molecular flexibility index (Phi) is 4.09. The van der Waals surface area contributed by atoms with Gasteiger partial charge < -0.3 is 9.64 Å². The molecule has 1 heterocycles. The molecule has 2 rings (SSSR count). The number of hydrogen-bond donors (Lipinski definition) is 0. The van der Waals surface area contributed by atoms with Gasteiger partial charge in [0.2, 0.25) is 5.91 Å². The molecule has 19 heavy (non-hydrogen) atoms. The number of nitrogens with zero attached hydrogens (tertiary/aromatic N) is 1. The highest BCUT2D eigenvalue weighted by Gasteiger charge is 2.30. The molecule has 1 aromatic rings. The van der Waals surface area contributed by atoms with Gasteiger partial charge >= 0.3 is 6.18 Å². The molecule has 104 valence electrons. The van der Waals surface area contributed by atoms with Crippen molar-refractivity contribution in [3.63, 3.8) is 0 Å². The fraction of sp³-hybridized carbons (Fsp3) is 0.462. The lowest BCUT2D eigenvalue weighted by atomic mass is 10.1. The largest absolute Gasteiger partial charge is 0.416 e. The summed E-state index contributed by atoms with van der Waals surface area (Å²) in [4.78, 5) is 13.5. The molecule has 0 saturated carbocycles. The van der Waals surface area contributed by atoms with E-state index >= 15 is 0 Å². The second kappa shape index (κ2) is 5.61. The standard InChI is InChI=1S/C13H14F3NO2/c14-13(15,16)11-3-1-2-10(8-11)9-12(18)17-4-6-19-7-5-17/h1-3,8H,4-7,9H2. The number of amides is 1. The predicted molar refractivity (Wildman–Crippen MR) is 62.5 cm³/mol. The van der Waals surface area contributed by atoms with Gasteiger partial charge in [-0.15, -0.1) is 0 Å². The summed E-state index contributed by atoms with van der Waals surface area (Å²) in [5.74, 6) is -0.164. The zero-order chi connectivity index (χ0) is 13.9. The van der Waals surface area contributed by atoms with Crippen molar-refractivity contribution < 1.29 is 22.7 Å². The number of halogens is 3. The van der Waals surface area contributed by atoms with E-state index in [1.54, 1.807) is 4.90 Å². The van der Waals surface area contributed by atoms with Crippen LogP contribution in [0.4, 0.5) is 13.2 Å². The van der Waals surface area contributed by atoms with Crippen LogP contribution < -0.4 is 0 Å². The Bertz CT molecular complexity index is 453. The molecule has 1 amide bonds. The molecule has 1 fully saturated rings. The van der Waals surface area contributed by atoms with E-state index in [9.17, 15) is 18.0 Å². The third-order valence-electron chi connectivity index (χ3n) is 2.97. The molecule has 3 nitrogen and oxygen atoms in total. The van der Waals surface area contributed by atoms with E-state index in [4.69, 9.17) is 4.74 Å². The second-order valence-electron chi connectivity index (χ2n) is 4.37.